The summed E-state index contributed by atoms with van der Waals surface area (Å²) in [6.07, 6.45) is 0.0221. The lowest BCUT2D eigenvalue weighted by Crippen LogP contribution is -2.44. The second kappa shape index (κ2) is 8.00. The molecule has 0 aliphatic carbocycles. The molecule has 28 heavy (non-hydrogen) atoms. The minimum atomic E-state index is -0.638. The van der Waals surface area contributed by atoms with Gasteiger partial charge < -0.3 is 24.3 Å². The second-order valence-electron chi connectivity index (χ2n) is 7.47. The summed E-state index contributed by atoms with van der Waals surface area (Å²) in [7, 11) is 3.22. The van der Waals surface area contributed by atoms with Crippen molar-refractivity contribution < 1.29 is 23.7 Å². The number of rotatable bonds is 6. The fourth-order valence-electron chi connectivity index (χ4n) is 3.29. The van der Waals surface area contributed by atoms with Gasteiger partial charge in [0.05, 0.1) is 20.3 Å². The van der Waals surface area contributed by atoms with Crippen LogP contribution in [0.2, 0.25) is 0 Å². The molecule has 6 nitrogen and oxygen atoms in total. The molecule has 0 spiro atoms. The van der Waals surface area contributed by atoms with Crippen LogP contribution in [0.1, 0.15) is 38.8 Å². The fraction of sp³-hybridized carbons (Fsp3) is 0.409. The number of carbonyl (C=O) groups is 1. The maximum atomic E-state index is 12.8. The molecule has 1 aliphatic rings. The van der Waals surface area contributed by atoms with Crippen molar-refractivity contribution in [1.82, 2.24) is 5.32 Å². The van der Waals surface area contributed by atoms with E-state index in [1.54, 1.807) is 45.4 Å². The Hall–Kier alpha value is -2.89. The molecule has 0 radical (unpaired) electrons. The molecular formula is C22H27NO5. The first-order valence-electron chi connectivity index (χ1n) is 9.29. The van der Waals surface area contributed by atoms with Crippen molar-refractivity contribution in [2.45, 2.75) is 44.9 Å². The Bertz CT molecular complexity index is 831. The predicted molar refractivity (Wildman–Crippen MR) is 106 cm³/mol. The molecule has 3 rings (SSSR count). The van der Waals surface area contributed by atoms with Gasteiger partial charge in [-0.3, -0.25) is 4.79 Å². The average molecular weight is 385 g/mol. The Morgan fingerprint density at radius 1 is 1.07 bits per heavy atom. The molecular weight excluding hydrogens is 358 g/mol. The van der Waals surface area contributed by atoms with E-state index in [0.29, 0.717) is 12.2 Å². The zero-order chi connectivity index (χ0) is 20.3. The van der Waals surface area contributed by atoms with E-state index in [-0.39, 0.29) is 11.9 Å². The third-order valence-corrected chi connectivity index (χ3v) is 4.74. The van der Waals surface area contributed by atoms with Gasteiger partial charge in [-0.05, 0) is 57.2 Å². The van der Waals surface area contributed by atoms with Crippen molar-refractivity contribution in [3.63, 3.8) is 0 Å². The first kappa shape index (κ1) is 19.9. The molecule has 150 valence electrons. The van der Waals surface area contributed by atoms with Gasteiger partial charge in [0.15, 0.2) is 6.10 Å². The normalized spacial score (nSPS) is 18.2. The number of hydrogen-bond donors (Lipinski definition) is 1. The lowest BCUT2D eigenvalue weighted by molar-refractivity contribution is -0.128. The van der Waals surface area contributed by atoms with Gasteiger partial charge in [-0.2, -0.15) is 0 Å². The van der Waals surface area contributed by atoms with Gasteiger partial charge >= 0.3 is 0 Å². The molecule has 1 N–H and O–H groups in total. The van der Waals surface area contributed by atoms with Gasteiger partial charge in [-0.1, -0.05) is 0 Å². The molecule has 1 heterocycles. The topological polar surface area (TPSA) is 66.0 Å². The summed E-state index contributed by atoms with van der Waals surface area (Å²) in [6.45, 7) is 5.75. The van der Waals surface area contributed by atoms with Gasteiger partial charge in [0, 0.05) is 18.1 Å². The largest absolute Gasteiger partial charge is 0.497 e. The third-order valence-electron chi connectivity index (χ3n) is 4.74. The molecule has 0 saturated carbocycles. The standard InChI is InChI=1S/C22H27NO5/c1-14(27-16-8-6-15(25-4)7-9-16)21(24)23-19-13-22(2,3)28-20-12-17(26-5)10-11-18(19)20/h6-12,14,19H,13H2,1-5H3,(H,23,24)/t14-,19+/m0/s1. The highest BCUT2D eigenvalue weighted by Gasteiger charge is 2.35. The van der Waals surface area contributed by atoms with E-state index < -0.39 is 11.7 Å². The number of benzene rings is 2. The van der Waals surface area contributed by atoms with Crippen molar-refractivity contribution in [1.29, 1.82) is 0 Å². The predicted octanol–water partition coefficient (Wildman–Crippen LogP) is 3.89. The van der Waals surface area contributed by atoms with Gasteiger partial charge in [-0.25, -0.2) is 0 Å². The zero-order valence-electron chi connectivity index (χ0n) is 16.9. The van der Waals surface area contributed by atoms with Gasteiger partial charge in [0.1, 0.15) is 28.6 Å². The molecule has 2 aromatic rings. The second-order valence-corrected chi connectivity index (χ2v) is 7.47. The summed E-state index contributed by atoms with van der Waals surface area (Å²) in [6, 6.07) is 12.6. The first-order chi connectivity index (χ1) is 13.3. The van der Waals surface area contributed by atoms with E-state index in [2.05, 4.69) is 5.32 Å². The monoisotopic (exact) mass is 385 g/mol. The fourth-order valence-corrected chi connectivity index (χ4v) is 3.29. The van der Waals surface area contributed by atoms with Gasteiger partial charge in [0.25, 0.3) is 5.91 Å². The molecule has 6 heteroatoms. The molecule has 0 bridgehead atoms. The van der Waals surface area contributed by atoms with Crippen LogP contribution >= 0.6 is 0 Å². The van der Waals surface area contributed by atoms with Gasteiger partial charge in [0.2, 0.25) is 0 Å². The maximum absolute atomic E-state index is 12.8. The molecule has 2 aromatic carbocycles. The van der Waals surface area contributed by atoms with Crippen molar-refractivity contribution in [3.05, 3.63) is 48.0 Å². The van der Waals surface area contributed by atoms with Crippen molar-refractivity contribution in [2.75, 3.05) is 14.2 Å². The molecule has 0 unspecified atom stereocenters. The Balaban J connectivity index is 1.72. The lowest BCUT2D eigenvalue weighted by atomic mass is 9.89. The molecule has 2 atom stereocenters. The van der Waals surface area contributed by atoms with Crippen LogP contribution in [0.15, 0.2) is 42.5 Å². The van der Waals surface area contributed by atoms with Crippen LogP contribution in [-0.2, 0) is 4.79 Å². The minimum absolute atomic E-state index is 0.168. The van der Waals surface area contributed by atoms with E-state index in [1.807, 2.05) is 32.0 Å². The average Bonchev–Trinajstić information content (AvgIpc) is 2.67. The van der Waals surface area contributed by atoms with E-state index in [4.69, 9.17) is 18.9 Å². The van der Waals surface area contributed by atoms with E-state index in [0.717, 1.165) is 22.8 Å². The summed E-state index contributed by atoms with van der Waals surface area (Å²) < 4.78 is 22.3. The summed E-state index contributed by atoms with van der Waals surface area (Å²) in [5.74, 6) is 2.62. The summed E-state index contributed by atoms with van der Waals surface area (Å²) in [4.78, 5) is 12.8. The number of ether oxygens (including phenoxy) is 4. The van der Waals surface area contributed by atoms with Crippen LogP contribution in [0, 0.1) is 0 Å². The van der Waals surface area contributed by atoms with Crippen LogP contribution in [0.4, 0.5) is 0 Å². The SMILES string of the molecule is COc1ccc(O[C@@H](C)C(=O)N[C@@H]2CC(C)(C)Oc3cc(OC)ccc32)cc1. The van der Waals surface area contributed by atoms with Gasteiger partial charge in [-0.15, -0.1) is 0 Å². The van der Waals surface area contributed by atoms with Crippen molar-refractivity contribution in [2.24, 2.45) is 0 Å². The number of nitrogens with one attached hydrogen (secondary N) is 1. The number of fused-ring (bicyclic) bond motifs is 1. The van der Waals surface area contributed by atoms with Crippen LogP contribution in [0.3, 0.4) is 0 Å². The van der Waals surface area contributed by atoms with E-state index in [1.165, 1.54) is 0 Å². The van der Waals surface area contributed by atoms with Crippen LogP contribution in [0.25, 0.3) is 0 Å². The Kier molecular flexibility index (Phi) is 5.68. The smallest absolute Gasteiger partial charge is 0.261 e. The third kappa shape index (κ3) is 4.50. The summed E-state index contributed by atoms with van der Waals surface area (Å²) in [5, 5.41) is 3.10. The Morgan fingerprint density at radius 3 is 2.32 bits per heavy atom. The highest BCUT2D eigenvalue weighted by atomic mass is 16.5. The first-order valence-corrected chi connectivity index (χ1v) is 9.29. The van der Waals surface area contributed by atoms with Crippen LogP contribution in [-0.4, -0.2) is 31.8 Å². The molecule has 0 fully saturated rings. The number of amides is 1. The summed E-state index contributed by atoms with van der Waals surface area (Å²) >= 11 is 0. The van der Waals surface area contributed by atoms with Crippen LogP contribution in [0.5, 0.6) is 23.0 Å². The summed E-state index contributed by atoms with van der Waals surface area (Å²) in [5.41, 5.74) is 0.530. The molecule has 1 aliphatic heterocycles. The Labute approximate surface area is 165 Å². The van der Waals surface area contributed by atoms with Crippen molar-refractivity contribution in [3.8, 4) is 23.0 Å². The number of methoxy groups -OCH3 is 2. The molecule has 1 amide bonds. The van der Waals surface area contributed by atoms with E-state index >= 15 is 0 Å². The quantitative estimate of drug-likeness (QED) is 0.817. The maximum Gasteiger partial charge on any atom is 0.261 e. The lowest BCUT2D eigenvalue weighted by Gasteiger charge is -2.38. The number of carbonyl (C=O) groups excluding carboxylic acids is 1. The minimum Gasteiger partial charge on any atom is -0.497 e. The Morgan fingerprint density at radius 2 is 1.68 bits per heavy atom. The highest BCUT2D eigenvalue weighted by molar-refractivity contribution is 5.81. The van der Waals surface area contributed by atoms with Crippen molar-refractivity contribution >= 4 is 5.91 Å². The van der Waals surface area contributed by atoms with E-state index in [9.17, 15) is 4.79 Å². The number of hydrogen-bond acceptors (Lipinski definition) is 5. The zero-order valence-corrected chi connectivity index (χ0v) is 16.9. The van der Waals surface area contributed by atoms with Crippen LogP contribution < -0.4 is 24.3 Å². The molecule has 0 aromatic heterocycles. The molecule has 0 saturated heterocycles. The highest BCUT2D eigenvalue weighted by Crippen LogP contribution is 2.41.